The van der Waals surface area contributed by atoms with E-state index in [-0.39, 0.29) is 29.7 Å². The predicted molar refractivity (Wildman–Crippen MR) is 105 cm³/mol. The van der Waals surface area contributed by atoms with Gasteiger partial charge in [-0.15, -0.1) is 0 Å². The van der Waals surface area contributed by atoms with Crippen molar-refractivity contribution in [1.82, 2.24) is 10.2 Å². The smallest absolute Gasteiger partial charge is 0.247 e. The number of sulfonamides is 1. The van der Waals surface area contributed by atoms with E-state index in [1.807, 2.05) is 0 Å². The molecule has 3 rings (SSSR count). The fourth-order valence-corrected chi connectivity index (χ4v) is 3.66. The van der Waals surface area contributed by atoms with E-state index >= 15 is 0 Å². The second kappa shape index (κ2) is 8.40. The summed E-state index contributed by atoms with van der Waals surface area (Å²) in [6.07, 6.45) is 0.705. The van der Waals surface area contributed by atoms with Gasteiger partial charge in [0.2, 0.25) is 21.8 Å². The van der Waals surface area contributed by atoms with Gasteiger partial charge in [0, 0.05) is 5.02 Å². The molecule has 0 saturated carbocycles. The Morgan fingerprint density at radius 2 is 1.64 bits per heavy atom. The van der Waals surface area contributed by atoms with Crippen LogP contribution in [0.2, 0.25) is 5.02 Å². The number of carbonyl (C=O) groups excluding carboxylic acids is 2. The predicted octanol–water partition coefficient (Wildman–Crippen LogP) is 1.45. The molecule has 28 heavy (non-hydrogen) atoms. The van der Waals surface area contributed by atoms with Gasteiger partial charge in [-0.1, -0.05) is 35.9 Å². The molecule has 1 aliphatic heterocycles. The lowest BCUT2D eigenvalue weighted by Crippen LogP contribution is -2.39. The fourth-order valence-electron chi connectivity index (χ4n) is 3.02. The Balaban J connectivity index is 1.53. The van der Waals surface area contributed by atoms with Gasteiger partial charge < -0.3 is 5.32 Å². The van der Waals surface area contributed by atoms with Crippen LogP contribution in [0.4, 0.5) is 0 Å². The summed E-state index contributed by atoms with van der Waals surface area (Å²) in [5.41, 5.74) is 1.73. The molecule has 0 aliphatic carbocycles. The molecule has 0 radical (unpaired) electrons. The Morgan fingerprint density at radius 1 is 1.04 bits per heavy atom. The summed E-state index contributed by atoms with van der Waals surface area (Å²) in [6, 6.07) is 12.7. The minimum Gasteiger partial charge on any atom is -0.305 e. The van der Waals surface area contributed by atoms with Gasteiger partial charge in [-0.05, 0) is 48.4 Å². The number of nitrogens with zero attached hydrogens (tertiary/aromatic N) is 1. The molecule has 1 fully saturated rings. The number of likely N-dealkylation sites (tertiary alicyclic amines) is 1. The molecule has 3 N–H and O–H groups in total. The SMILES string of the molecule is NS(=O)(=O)c1ccc(CCN[C@H]2CC(=O)N(Cc3ccc(Cl)cc3)C2=O)cc1. The van der Waals surface area contributed by atoms with E-state index in [4.69, 9.17) is 16.7 Å². The number of nitrogens with two attached hydrogens (primary N) is 1. The number of rotatable bonds is 7. The van der Waals surface area contributed by atoms with Crippen LogP contribution in [-0.4, -0.2) is 37.7 Å². The monoisotopic (exact) mass is 421 g/mol. The average molecular weight is 422 g/mol. The van der Waals surface area contributed by atoms with Crippen LogP contribution in [0.5, 0.6) is 0 Å². The van der Waals surface area contributed by atoms with Crippen LogP contribution in [0.25, 0.3) is 0 Å². The topological polar surface area (TPSA) is 110 Å². The van der Waals surface area contributed by atoms with Crippen molar-refractivity contribution < 1.29 is 18.0 Å². The molecule has 0 spiro atoms. The van der Waals surface area contributed by atoms with E-state index in [1.54, 1.807) is 36.4 Å². The third-order valence-electron chi connectivity index (χ3n) is 4.55. The summed E-state index contributed by atoms with van der Waals surface area (Å²) in [5.74, 6) is -0.459. The molecule has 0 bridgehead atoms. The summed E-state index contributed by atoms with van der Waals surface area (Å²) < 4.78 is 22.5. The lowest BCUT2D eigenvalue weighted by atomic mass is 10.1. The van der Waals surface area contributed by atoms with E-state index in [1.165, 1.54) is 17.0 Å². The summed E-state index contributed by atoms with van der Waals surface area (Å²) in [7, 11) is -3.71. The van der Waals surface area contributed by atoms with Crippen LogP contribution in [0.1, 0.15) is 17.5 Å². The van der Waals surface area contributed by atoms with Gasteiger partial charge in [0.25, 0.3) is 0 Å². The summed E-state index contributed by atoms with van der Waals surface area (Å²) in [6.45, 7) is 0.704. The number of nitrogens with one attached hydrogen (secondary N) is 1. The number of primary sulfonamides is 1. The Bertz CT molecular complexity index is 975. The zero-order valence-electron chi connectivity index (χ0n) is 15.0. The van der Waals surface area contributed by atoms with Gasteiger partial charge in [0.05, 0.1) is 23.9 Å². The highest BCUT2D eigenvalue weighted by Gasteiger charge is 2.37. The molecule has 148 valence electrons. The van der Waals surface area contributed by atoms with Crippen LogP contribution in [0.15, 0.2) is 53.4 Å². The van der Waals surface area contributed by atoms with Gasteiger partial charge in [0.15, 0.2) is 0 Å². The summed E-state index contributed by atoms with van der Waals surface area (Å²) >= 11 is 5.85. The standard InChI is InChI=1S/C19H20ClN3O4S/c20-15-5-1-14(2-6-15)12-23-18(24)11-17(19(23)25)22-10-9-13-3-7-16(8-4-13)28(21,26)27/h1-8,17,22H,9-12H2,(H2,21,26,27)/t17-/m0/s1. The van der Waals surface area contributed by atoms with Crippen LogP contribution < -0.4 is 10.5 Å². The van der Waals surface area contributed by atoms with Gasteiger partial charge in [-0.25, -0.2) is 13.6 Å². The second-order valence-corrected chi connectivity index (χ2v) is 8.59. The fraction of sp³-hybridized carbons (Fsp3) is 0.263. The first-order valence-electron chi connectivity index (χ1n) is 8.68. The highest BCUT2D eigenvalue weighted by Crippen LogP contribution is 2.18. The zero-order chi connectivity index (χ0) is 20.3. The molecule has 2 aromatic carbocycles. The highest BCUT2D eigenvalue weighted by atomic mass is 35.5. The summed E-state index contributed by atoms with van der Waals surface area (Å²) in [4.78, 5) is 26.0. The molecule has 1 aliphatic rings. The van der Waals surface area contributed by atoms with Crippen molar-refractivity contribution in [2.24, 2.45) is 5.14 Å². The molecule has 7 nitrogen and oxygen atoms in total. The zero-order valence-corrected chi connectivity index (χ0v) is 16.5. The van der Waals surface area contributed by atoms with Crippen molar-refractivity contribution >= 4 is 33.4 Å². The maximum absolute atomic E-state index is 12.5. The molecular weight excluding hydrogens is 402 g/mol. The highest BCUT2D eigenvalue weighted by molar-refractivity contribution is 7.89. The lowest BCUT2D eigenvalue weighted by Gasteiger charge is -2.15. The van der Waals surface area contributed by atoms with E-state index in [2.05, 4.69) is 5.32 Å². The van der Waals surface area contributed by atoms with Crippen LogP contribution in [-0.2, 0) is 32.6 Å². The Kier molecular flexibility index (Phi) is 6.14. The summed E-state index contributed by atoms with van der Waals surface area (Å²) in [5, 5.41) is 8.77. The van der Waals surface area contributed by atoms with Crippen LogP contribution >= 0.6 is 11.6 Å². The maximum Gasteiger partial charge on any atom is 0.247 e. The quantitative estimate of drug-likeness (QED) is 0.657. The van der Waals surface area contributed by atoms with Crippen LogP contribution in [0.3, 0.4) is 0 Å². The molecule has 1 atom stereocenters. The van der Waals surface area contributed by atoms with Gasteiger partial charge in [-0.2, -0.15) is 0 Å². The normalized spacial score (nSPS) is 17.4. The number of hydrogen-bond donors (Lipinski definition) is 2. The maximum atomic E-state index is 12.5. The first-order chi connectivity index (χ1) is 13.2. The van der Waals surface area contributed by atoms with Crippen molar-refractivity contribution in [2.75, 3.05) is 6.54 Å². The molecule has 1 saturated heterocycles. The largest absolute Gasteiger partial charge is 0.305 e. The van der Waals surface area contributed by atoms with E-state index in [0.717, 1.165) is 11.1 Å². The first-order valence-corrected chi connectivity index (χ1v) is 10.6. The Labute approximate surface area is 168 Å². The van der Waals surface area contributed by atoms with Gasteiger partial charge in [-0.3, -0.25) is 14.5 Å². The van der Waals surface area contributed by atoms with Crippen molar-refractivity contribution in [3.05, 3.63) is 64.7 Å². The third-order valence-corrected chi connectivity index (χ3v) is 5.74. The Hall–Kier alpha value is -2.26. The minimum absolute atomic E-state index is 0.0543. The number of halogens is 1. The van der Waals surface area contributed by atoms with Crippen molar-refractivity contribution in [3.63, 3.8) is 0 Å². The number of amides is 2. The van der Waals surface area contributed by atoms with E-state index in [0.29, 0.717) is 18.0 Å². The molecular formula is C19H20ClN3O4S. The van der Waals surface area contributed by atoms with Crippen molar-refractivity contribution in [3.8, 4) is 0 Å². The van der Waals surface area contributed by atoms with Gasteiger partial charge in [0.1, 0.15) is 0 Å². The third kappa shape index (κ3) is 4.96. The molecule has 2 aromatic rings. The first kappa shape index (κ1) is 20.5. The minimum atomic E-state index is -3.71. The number of benzene rings is 2. The van der Waals surface area contributed by atoms with E-state index in [9.17, 15) is 18.0 Å². The number of hydrogen-bond acceptors (Lipinski definition) is 5. The number of carbonyl (C=O) groups is 2. The molecule has 2 amide bonds. The van der Waals surface area contributed by atoms with Crippen LogP contribution in [0, 0.1) is 0 Å². The molecule has 9 heteroatoms. The second-order valence-electron chi connectivity index (χ2n) is 6.59. The molecule has 0 aromatic heterocycles. The van der Waals surface area contributed by atoms with Crippen molar-refractivity contribution in [1.29, 1.82) is 0 Å². The van der Waals surface area contributed by atoms with Crippen molar-refractivity contribution in [2.45, 2.75) is 30.3 Å². The Morgan fingerprint density at radius 3 is 2.25 bits per heavy atom. The molecule has 0 unspecified atom stereocenters. The van der Waals surface area contributed by atoms with Gasteiger partial charge >= 0.3 is 0 Å². The number of imide groups is 1. The lowest BCUT2D eigenvalue weighted by molar-refractivity contribution is -0.139. The molecule has 1 heterocycles. The average Bonchev–Trinajstić information content (AvgIpc) is 2.91. The van der Waals surface area contributed by atoms with E-state index < -0.39 is 16.1 Å².